The van der Waals surface area contributed by atoms with Gasteiger partial charge >= 0.3 is 0 Å². The first-order chi connectivity index (χ1) is 10.5. The van der Waals surface area contributed by atoms with Crippen molar-refractivity contribution >= 4 is 15.7 Å². The SMILES string of the molecule is COc1ccc2c(c1)N(S(=O)(=O)c1ccccc1)CC(C)C2. The summed E-state index contributed by atoms with van der Waals surface area (Å²) < 4.78 is 32.7. The van der Waals surface area contributed by atoms with E-state index in [1.807, 2.05) is 24.3 Å². The lowest BCUT2D eigenvalue weighted by molar-refractivity contribution is 0.414. The van der Waals surface area contributed by atoms with Gasteiger partial charge in [-0.3, -0.25) is 4.31 Å². The van der Waals surface area contributed by atoms with Crippen LogP contribution in [0.3, 0.4) is 0 Å². The zero-order valence-electron chi connectivity index (χ0n) is 12.7. The van der Waals surface area contributed by atoms with Crippen molar-refractivity contribution in [2.45, 2.75) is 18.2 Å². The van der Waals surface area contributed by atoms with Crippen molar-refractivity contribution < 1.29 is 13.2 Å². The van der Waals surface area contributed by atoms with Gasteiger partial charge in [0.15, 0.2) is 0 Å². The Labute approximate surface area is 131 Å². The van der Waals surface area contributed by atoms with E-state index in [4.69, 9.17) is 4.74 Å². The molecule has 22 heavy (non-hydrogen) atoms. The van der Waals surface area contributed by atoms with Crippen molar-refractivity contribution in [3.05, 3.63) is 54.1 Å². The number of benzene rings is 2. The maximum Gasteiger partial charge on any atom is 0.264 e. The molecular formula is C17H19NO3S. The number of ether oxygens (including phenoxy) is 1. The summed E-state index contributed by atoms with van der Waals surface area (Å²) in [6.45, 7) is 2.55. The highest BCUT2D eigenvalue weighted by Gasteiger charge is 2.32. The maximum absolute atomic E-state index is 13.0. The number of rotatable bonds is 3. The van der Waals surface area contributed by atoms with Crippen LogP contribution in [0.15, 0.2) is 53.4 Å². The van der Waals surface area contributed by atoms with Crippen molar-refractivity contribution in [2.75, 3.05) is 18.0 Å². The lowest BCUT2D eigenvalue weighted by Gasteiger charge is -2.34. The highest BCUT2D eigenvalue weighted by Crippen LogP contribution is 2.36. The standard InChI is InChI=1S/C17H19NO3S/c1-13-10-14-8-9-15(21-2)11-17(14)18(12-13)22(19,20)16-6-4-3-5-7-16/h3-9,11,13H,10,12H2,1-2H3. The first-order valence-corrected chi connectivity index (χ1v) is 8.71. The van der Waals surface area contributed by atoms with Crippen molar-refractivity contribution in [3.8, 4) is 5.75 Å². The second-order valence-electron chi connectivity index (χ2n) is 5.65. The monoisotopic (exact) mass is 317 g/mol. The predicted octanol–water partition coefficient (Wildman–Crippen LogP) is 3.08. The summed E-state index contributed by atoms with van der Waals surface area (Å²) >= 11 is 0. The largest absolute Gasteiger partial charge is 0.497 e. The van der Waals surface area contributed by atoms with Crippen LogP contribution in [0.1, 0.15) is 12.5 Å². The van der Waals surface area contributed by atoms with Crippen LogP contribution in [-0.4, -0.2) is 22.1 Å². The molecule has 0 saturated carbocycles. The van der Waals surface area contributed by atoms with Crippen molar-refractivity contribution in [1.29, 1.82) is 0 Å². The van der Waals surface area contributed by atoms with Crippen LogP contribution >= 0.6 is 0 Å². The maximum atomic E-state index is 13.0. The Hall–Kier alpha value is -2.01. The molecule has 0 fully saturated rings. The van der Waals surface area contributed by atoms with Gasteiger partial charge in [0.25, 0.3) is 10.0 Å². The van der Waals surface area contributed by atoms with Gasteiger partial charge in [-0.1, -0.05) is 31.2 Å². The molecule has 1 aliphatic heterocycles. The van der Waals surface area contributed by atoms with Gasteiger partial charge in [-0.2, -0.15) is 0 Å². The van der Waals surface area contributed by atoms with Crippen molar-refractivity contribution in [1.82, 2.24) is 0 Å². The first kappa shape index (κ1) is 14.9. The van der Waals surface area contributed by atoms with Crippen LogP contribution in [0.5, 0.6) is 5.75 Å². The second-order valence-corrected chi connectivity index (χ2v) is 7.52. The first-order valence-electron chi connectivity index (χ1n) is 7.27. The summed E-state index contributed by atoms with van der Waals surface area (Å²) in [6, 6.07) is 14.2. The third kappa shape index (κ3) is 2.57. The van der Waals surface area contributed by atoms with E-state index in [0.717, 1.165) is 17.7 Å². The summed E-state index contributed by atoms with van der Waals surface area (Å²) in [4.78, 5) is 0.317. The molecule has 0 radical (unpaired) electrons. The smallest absolute Gasteiger partial charge is 0.264 e. The second kappa shape index (κ2) is 5.65. The summed E-state index contributed by atoms with van der Waals surface area (Å²) in [5.41, 5.74) is 1.76. The number of hydrogen-bond donors (Lipinski definition) is 0. The van der Waals surface area contributed by atoms with E-state index in [0.29, 0.717) is 17.2 Å². The van der Waals surface area contributed by atoms with Gasteiger partial charge in [0.1, 0.15) is 5.75 Å². The molecule has 2 aromatic rings. The van der Waals surface area contributed by atoms with E-state index >= 15 is 0 Å². The molecule has 0 aromatic heterocycles. The highest BCUT2D eigenvalue weighted by molar-refractivity contribution is 7.92. The Balaban J connectivity index is 2.12. The Morgan fingerprint density at radius 2 is 1.86 bits per heavy atom. The molecule has 0 bridgehead atoms. The Bertz CT molecular complexity index is 772. The van der Waals surface area contributed by atoms with E-state index in [2.05, 4.69) is 6.92 Å². The number of fused-ring (bicyclic) bond motifs is 1. The molecule has 116 valence electrons. The van der Waals surface area contributed by atoms with Gasteiger partial charge in [0, 0.05) is 12.6 Å². The minimum atomic E-state index is -3.56. The zero-order valence-corrected chi connectivity index (χ0v) is 13.5. The average Bonchev–Trinajstić information content (AvgIpc) is 2.54. The molecule has 1 heterocycles. The number of methoxy groups -OCH3 is 1. The molecule has 0 saturated heterocycles. The van der Waals surface area contributed by atoms with Crippen LogP contribution in [-0.2, 0) is 16.4 Å². The lowest BCUT2D eigenvalue weighted by atomic mass is 9.95. The minimum Gasteiger partial charge on any atom is -0.497 e. The van der Waals surface area contributed by atoms with Crippen LogP contribution in [0, 0.1) is 5.92 Å². The summed E-state index contributed by atoms with van der Waals surface area (Å²) in [6.07, 6.45) is 0.875. The van der Waals surface area contributed by atoms with Gasteiger partial charge in [0.2, 0.25) is 0 Å². The topological polar surface area (TPSA) is 46.6 Å². The van der Waals surface area contributed by atoms with Crippen LogP contribution in [0.4, 0.5) is 5.69 Å². The lowest BCUT2D eigenvalue weighted by Crippen LogP contribution is -2.39. The van der Waals surface area contributed by atoms with Crippen LogP contribution < -0.4 is 9.04 Å². The van der Waals surface area contributed by atoms with E-state index in [-0.39, 0.29) is 5.92 Å². The molecule has 0 amide bonds. The van der Waals surface area contributed by atoms with Gasteiger partial charge in [-0.25, -0.2) is 8.42 Å². The number of sulfonamides is 1. The number of nitrogens with zero attached hydrogens (tertiary/aromatic N) is 1. The molecule has 1 atom stereocenters. The Kier molecular flexibility index (Phi) is 3.83. The van der Waals surface area contributed by atoms with Crippen LogP contribution in [0.2, 0.25) is 0 Å². The summed E-state index contributed by atoms with van der Waals surface area (Å²) in [5, 5.41) is 0. The third-order valence-electron chi connectivity index (χ3n) is 3.94. The van der Waals surface area contributed by atoms with Gasteiger partial charge in [-0.05, 0) is 36.1 Å². The molecular weight excluding hydrogens is 298 g/mol. The molecule has 1 unspecified atom stereocenters. The fourth-order valence-corrected chi connectivity index (χ4v) is 4.48. The number of hydrogen-bond acceptors (Lipinski definition) is 3. The third-order valence-corrected chi connectivity index (χ3v) is 5.73. The molecule has 0 aliphatic carbocycles. The van der Waals surface area contributed by atoms with Gasteiger partial charge in [-0.15, -0.1) is 0 Å². The zero-order chi connectivity index (χ0) is 15.7. The summed E-state index contributed by atoms with van der Waals surface area (Å²) in [7, 11) is -1.97. The van der Waals surface area contributed by atoms with E-state index in [1.54, 1.807) is 31.4 Å². The van der Waals surface area contributed by atoms with Crippen molar-refractivity contribution in [3.63, 3.8) is 0 Å². The highest BCUT2D eigenvalue weighted by atomic mass is 32.2. The van der Waals surface area contributed by atoms with E-state index in [9.17, 15) is 8.42 Å². The number of anilines is 1. The normalized spacial score (nSPS) is 17.9. The molecule has 4 nitrogen and oxygen atoms in total. The molecule has 0 N–H and O–H groups in total. The minimum absolute atomic E-state index is 0.277. The molecule has 1 aliphatic rings. The van der Waals surface area contributed by atoms with Crippen LogP contribution in [0.25, 0.3) is 0 Å². The average molecular weight is 317 g/mol. The molecule has 2 aromatic carbocycles. The Morgan fingerprint density at radius 1 is 1.14 bits per heavy atom. The quantitative estimate of drug-likeness (QED) is 0.874. The van der Waals surface area contributed by atoms with Gasteiger partial charge < -0.3 is 4.74 Å². The predicted molar refractivity (Wildman–Crippen MR) is 86.8 cm³/mol. The fraction of sp³-hybridized carbons (Fsp3) is 0.294. The fourth-order valence-electron chi connectivity index (χ4n) is 2.84. The summed E-state index contributed by atoms with van der Waals surface area (Å²) in [5.74, 6) is 0.945. The molecule has 5 heteroatoms. The van der Waals surface area contributed by atoms with E-state index in [1.165, 1.54) is 4.31 Å². The van der Waals surface area contributed by atoms with Crippen molar-refractivity contribution in [2.24, 2.45) is 5.92 Å². The molecule has 0 spiro atoms. The van der Waals surface area contributed by atoms with E-state index < -0.39 is 10.0 Å². The van der Waals surface area contributed by atoms with Gasteiger partial charge in [0.05, 0.1) is 17.7 Å². The Morgan fingerprint density at radius 3 is 2.55 bits per heavy atom. The molecule has 3 rings (SSSR count).